The molecule has 31 heavy (non-hydrogen) atoms. The molecule has 2 fully saturated rings. The summed E-state index contributed by atoms with van der Waals surface area (Å²) in [6.45, 7) is 3.79. The Morgan fingerprint density at radius 2 is 1.90 bits per heavy atom. The van der Waals surface area contributed by atoms with Gasteiger partial charge in [0.05, 0.1) is 18.0 Å². The van der Waals surface area contributed by atoms with Gasteiger partial charge in [-0.05, 0) is 76.9 Å². The highest BCUT2D eigenvalue weighted by Gasteiger charge is 2.21. The van der Waals surface area contributed by atoms with Crippen LogP contribution in [0.4, 0.5) is 4.79 Å². The summed E-state index contributed by atoms with van der Waals surface area (Å²) in [6.07, 6.45) is 8.78. The van der Waals surface area contributed by atoms with Crippen LogP contribution in [0, 0.1) is 6.92 Å². The molecule has 1 aliphatic heterocycles. The first-order chi connectivity index (χ1) is 15.1. The van der Waals surface area contributed by atoms with Crippen LogP contribution in [0.5, 0.6) is 11.6 Å². The van der Waals surface area contributed by atoms with Gasteiger partial charge in [-0.3, -0.25) is 0 Å². The molecule has 168 valence electrons. The van der Waals surface area contributed by atoms with Crippen LogP contribution in [-0.2, 0) is 0 Å². The van der Waals surface area contributed by atoms with Crippen LogP contribution in [0.1, 0.15) is 57.1 Å². The van der Waals surface area contributed by atoms with E-state index >= 15 is 0 Å². The molecule has 7 heteroatoms. The smallest absolute Gasteiger partial charge is 0.414 e. The van der Waals surface area contributed by atoms with Gasteiger partial charge < -0.3 is 19.7 Å². The lowest BCUT2D eigenvalue weighted by Crippen LogP contribution is -2.38. The lowest BCUT2D eigenvalue weighted by atomic mass is 9.96. The topological polar surface area (TPSA) is 68.6 Å². The number of hydrogen-bond donors (Lipinski definition) is 1. The Kier molecular flexibility index (Phi) is 7.12. The van der Waals surface area contributed by atoms with E-state index in [0.29, 0.717) is 18.5 Å². The summed E-state index contributed by atoms with van der Waals surface area (Å²) in [5.74, 6) is 1.26. The molecule has 0 bridgehead atoms. The number of nitrogens with zero attached hydrogens (tertiary/aromatic N) is 3. The summed E-state index contributed by atoms with van der Waals surface area (Å²) in [5.41, 5.74) is 1.62. The number of carbonyl (C=O) groups excluding carboxylic acids is 1. The summed E-state index contributed by atoms with van der Waals surface area (Å²) in [7, 11) is 2.19. The van der Waals surface area contributed by atoms with Crippen LogP contribution < -0.4 is 14.8 Å². The van der Waals surface area contributed by atoms with E-state index in [2.05, 4.69) is 22.4 Å². The maximum absolute atomic E-state index is 12.4. The highest BCUT2D eigenvalue weighted by atomic mass is 16.6. The Morgan fingerprint density at radius 1 is 1.13 bits per heavy atom. The predicted molar refractivity (Wildman–Crippen MR) is 120 cm³/mol. The molecule has 4 rings (SSSR count). The van der Waals surface area contributed by atoms with Gasteiger partial charge in [-0.2, -0.15) is 5.10 Å². The van der Waals surface area contributed by atoms with Gasteiger partial charge in [0.1, 0.15) is 5.75 Å². The van der Waals surface area contributed by atoms with Crippen molar-refractivity contribution in [1.82, 2.24) is 20.0 Å². The highest BCUT2D eigenvalue weighted by Crippen LogP contribution is 2.23. The number of nitrogens with one attached hydrogen (secondary N) is 1. The molecule has 7 nitrogen and oxygen atoms in total. The SMILES string of the molecule is Cc1cc(OC(=O)NC2CCCCC2)n(-c2ccc(OCCC3CCCN3C)cc2)n1. The Hall–Kier alpha value is -2.54. The van der Waals surface area contributed by atoms with Crippen LogP contribution in [0.2, 0.25) is 0 Å². The van der Waals surface area contributed by atoms with E-state index in [1.807, 2.05) is 31.2 Å². The van der Waals surface area contributed by atoms with Crippen LogP contribution in [0.3, 0.4) is 0 Å². The number of carbonyl (C=O) groups is 1. The van der Waals surface area contributed by atoms with Crippen molar-refractivity contribution in [2.24, 2.45) is 0 Å². The van der Waals surface area contributed by atoms with Crippen molar-refractivity contribution >= 4 is 6.09 Å². The predicted octanol–water partition coefficient (Wildman–Crippen LogP) is 4.46. The van der Waals surface area contributed by atoms with E-state index in [1.165, 1.54) is 25.8 Å². The average Bonchev–Trinajstić information content (AvgIpc) is 3.34. The molecule has 1 aromatic carbocycles. The zero-order valence-electron chi connectivity index (χ0n) is 18.7. The molecule has 0 spiro atoms. The number of aryl methyl sites for hydroxylation is 1. The van der Waals surface area contributed by atoms with E-state index in [1.54, 1.807) is 10.7 Å². The van der Waals surface area contributed by atoms with Gasteiger partial charge in [-0.15, -0.1) is 0 Å². The average molecular weight is 427 g/mol. The molecule has 2 heterocycles. The molecule has 1 amide bonds. The lowest BCUT2D eigenvalue weighted by molar-refractivity contribution is 0.189. The van der Waals surface area contributed by atoms with Gasteiger partial charge in [-0.25, -0.2) is 9.48 Å². The first kappa shape index (κ1) is 21.7. The Morgan fingerprint density at radius 3 is 2.61 bits per heavy atom. The third kappa shape index (κ3) is 5.79. The quantitative estimate of drug-likeness (QED) is 0.708. The first-order valence-corrected chi connectivity index (χ1v) is 11.6. The van der Waals surface area contributed by atoms with Crippen LogP contribution in [0.25, 0.3) is 5.69 Å². The number of likely N-dealkylation sites (tertiary alicyclic amines) is 1. The van der Waals surface area contributed by atoms with Gasteiger partial charge >= 0.3 is 6.09 Å². The van der Waals surface area contributed by atoms with Crippen LogP contribution >= 0.6 is 0 Å². The maximum Gasteiger partial charge on any atom is 0.414 e. The van der Waals surface area contributed by atoms with Crippen molar-refractivity contribution in [1.29, 1.82) is 0 Å². The summed E-state index contributed by atoms with van der Waals surface area (Å²) in [4.78, 5) is 14.8. The fraction of sp³-hybridized carbons (Fsp3) is 0.583. The molecule has 1 aliphatic carbocycles. The molecule has 1 saturated heterocycles. The standard InChI is InChI=1S/C24H34N4O3/c1-18-17-23(31-24(29)25-19-7-4-3-5-8-19)28(26-18)21-10-12-22(13-11-21)30-16-14-20-9-6-15-27(20)2/h10-13,17,19-20H,3-9,14-16H2,1-2H3,(H,25,29). The van der Waals surface area contributed by atoms with Crippen molar-refractivity contribution in [2.45, 2.75) is 70.4 Å². The summed E-state index contributed by atoms with van der Waals surface area (Å²) in [5, 5.41) is 7.49. The van der Waals surface area contributed by atoms with Crippen molar-refractivity contribution in [3.63, 3.8) is 0 Å². The maximum atomic E-state index is 12.4. The largest absolute Gasteiger partial charge is 0.494 e. The van der Waals surface area contributed by atoms with Gasteiger partial charge in [-0.1, -0.05) is 19.3 Å². The zero-order chi connectivity index (χ0) is 21.6. The molecule has 1 N–H and O–H groups in total. The minimum absolute atomic E-state index is 0.208. The van der Waals surface area contributed by atoms with E-state index in [9.17, 15) is 4.79 Å². The van der Waals surface area contributed by atoms with E-state index < -0.39 is 6.09 Å². The Labute approximate surface area is 184 Å². The molecule has 1 unspecified atom stereocenters. The summed E-state index contributed by atoms with van der Waals surface area (Å²) in [6, 6.07) is 10.4. The van der Waals surface area contributed by atoms with E-state index in [-0.39, 0.29) is 6.04 Å². The fourth-order valence-electron chi connectivity index (χ4n) is 4.61. The minimum atomic E-state index is -0.412. The molecule has 1 aromatic heterocycles. The second kappa shape index (κ2) is 10.2. The van der Waals surface area contributed by atoms with Crippen LogP contribution in [0.15, 0.2) is 30.3 Å². The molecule has 0 radical (unpaired) electrons. The Bertz CT molecular complexity index is 858. The van der Waals surface area contributed by atoms with Gasteiger partial charge in [0.2, 0.25) is 5.88 Å². The van der Waals surface area contributed by atoms with Crippen molar-refractivity contribution < 1.29 is 14.3 Å². The molecule has 1 saturated carbocycles. The molecule has 1 atom stereocenters. The monoisotopic (exact) mass is 426 g/mol. The van der Waals surface area contributed by atoms with E-state index in [0.717, 1.165) is 49.2 Å². The van der Waals surface area contributed by atoms with Crippen molar-refractivity contribution in [3.05, 3.63) is 36.0 Å². The zero-order valence-corrected chi connectivity index (χ0v) is 18.7. The molecule has 2 aliphatic rings. The molecule has 2 aromatic rings. The third-order valence-electron chi connectivity index (χ3n) is 6.40. The van der Waals surface area contributed by atoms with E-state index in [4.69, 9.17) is 9.47 Å². The normalized spacial score (nSPS) is 20.0. The summed E-state index contributed by atoms with van der Waals surface area (Å²) >= 11 is 0. The van der Waals surface area contributed by atoms with Crippen molar-refractivity contribution in [2.75, 3.05) is 20.2 Å². The number of ether oxygens (including phenoxy) is 2. The minimum Gasteiger partial charge on any atom is -0.494 e. The van der Waals surface area contributed by atoms with Gasteiger partial charge in [0.25, 0.3) is 0 Å². The first-order valence-electron chi connectivity index (χ1n) is 11.6. The van der Waals surface area contributed by atoms with Gasteiger partial charge in [0, 0.05) is 18.2 Å². The Balaban J connectivity index is 1.34. The highest BCUT2D eigenvalue weighted by molar-refractivity contribution is 5.70. The number of amides is 1. The summed E-state index contributed by atoms with van der Waals surface area (Å²) < 4.78 is 13.2. The number of hydrogen-bond acceptors (Lipinski definition) is 5. The van der Waals surface area contributed by atoms with Crippen LogP contribution in [-0.4, -0.2) is 53.1 Å². The number of benzene rings is 1. The van der Waals surface area contributed by atoms with Gasteiger partial charge in [0.15, 0.2) is 0 Å². The second-order valence-corrected chi connectivity index (χ2v) is 8.81. The fourth-order valence-corrected chi connectivity index (χ4v) is 4.61. The molecular weight excluding hydrogens is 392 g/mol. The molecular formula is C24H34N4O3. The number of aromatic nitrogens is 2. The third-order valence-corrected chi connectivity index (χ3v) is 6.40. The second-order valence-electron chi connectivity index (χ2n) is 8.81. The van der Waals surface area contributed by atoms with Crippen molar-refractivity contribution in [3.8, 4) is 17.3 Å². The lowest BCUT2D eigenvalue weighted by Gasteiger charge is -2.22. The number of rotatable bonds is 7.